The maximum absolute atomic E-state index is 8.77. The number of rotatable bonds is 1. The van der Waals surface area contributed by atoms with Gasteiger partial charge in [0.1, 0.15) is 6.07 Å². The van der Waals surface area contributed by atoms with Gasteiger partial charge in [-0.05, 0) is 12.1 Å². The predicted octanol–water partition coefficient (Wildman–Crippen LogP) is 1.14. The fourth-order valence-corrected chi connectivity index (χ4v) is 1.09. The summed E-state index contributed by atoms with van der Waals surface area (Å²) in [5, 5.41) is 8.77. The van der Waals surface area contributed by atoms with Crippen molar-refractivity contribution in [2.45, 2.75) is 0 Å². The minimum absolute atomic E-state index is 0.403. The fourth-order valence-electron chi connectivity index (χ4n) is 1.09. The summed E-state index contributed by atoms with van der Waals surface area (Å²) in [5.74, 6) is 0. The predicted molar refractivity (Wildman–Crippen MR) is 46.1 cm³/mol. The van der Waals surface area contributed by atoms with Crippen LogP contribution >= 0.6 is 0 Å². The molecule has 0 fully saturated rings. The Hall–Kier alpha value is -2.15. The van der Waals surface area contributed by atoms with E-state index in [0.717, 1.165) is 5.69 Å². The molecule has 2 aromatic rings. The first-order valence-electron chi connectivity index (χ1n) is 3.75. The van der Waals surface area contributed by atoms with E-state index in [-0.39, 0.29) is 0 Å². The number of nitrogens with zero attached hydrogens (tertiary/aromatic N) is 4. The van der Waals surface area contributed by atoms with E-state index in [4.69, 9.17) is 5.26 Å². The van der Waals surface area contributed by atoms with E-state index in [1.807, 2.05) is 12.1 Å². The van der Waals surface area contributed by atoms with Crippen molar-refractivity contribution < 1.29 is 0 Å². The summed E-state index contributed by atoms with van der Waals surface area (Å²) in [6.07, 6.45) is 6.67. The highest BCUT2D eigenvalue weighted by Crippen LogP contribution is 2.09. The molecule has 0 aliphatic carbocycles. The van der Waals surface area contributed by atoms with Gasteiger partial charge in [0.2, 0.25) is 0 Å². The molecular weight excluding hydrogens is 164 g/mol. The summed E-state index contributed by atoms with van der Waals surface area (Å²) in [7, 11) is 0. The first kappa shape index (κ1) is 7.50. The highest BCUT2D eigenvalue weighted by molar-refractivity contribution is 5.43. The molecule has 0 atom stereocenters. The van der Waals surface area contributed by atoms with Crippen molar-refractivity contribution in [3.63, 3.8) is 0 Å². The third-order valence-corrected chi connectivity index (χ3v) is 1.67. The molecule has 0 aliphatic rings. The summed E-state index contributed by atoms with van der Waals surface area (Å²) in [6.45, 7) is 0. The lowest BCUT2D eigenvalue weighted by Gasteiger charge is -2.01. The molecule has 13 heavy (non-hydrogen) atoms. The summed E-state index contributed by atoms with van der Waals surface area (Å²) in [6, 6.07) is 5.64. The van der Waals surface area contributed by atoms with E-state index in [1.54, 1.807) is 35.6 Å². The van der Waals surface area contributed by atoms with Crippen molar-refractivity contribution in [1.82, 2.24) is 14.5 Å². The molecule has 0 aliphatic heterocycles. The average Bonchev–Trinajstić information content (AvgIpc) is 2.70. The summed E-state index contributed by atoms with van der Waals surface area (Å²) < 4.78 is 1.76. The van der Waals surface area contributed by atoms with Crippen LogP contribution in [0.4, 0.5) is 0 Å². The number of hydrogen-bond acceptors (Lipinski definition) is 3. The van der Waals surface area contributed by atoms with Gasteiger partial charge >= 0.3 is 0 Å². The van der Waals surface area contributed by atoms with Gasteiger partial charge in [0.05, 0.1) is 12.0 Å². The molecular formula is C9H6N4. The van der Waals surface area contributed by atoms with Gasteiger partial charge in [-0.2, -0.15) is 5.26 Å². The molecule has 0 radical (unpaired) electrons. The fraction of sp³-hybridized carbons (Fsp3) is 0. The van der Waals surface area contributed by atoms with Crippen LogP contribution in [0.25, 0.3) is 5.69 Å². The zero-order chi connectivity index (χ0) is 9.10. The summed E-state index contributed by atoms with van der Waals surface area (Å²) >= 11 is 0. The van der Waals surface area contributed by atoms with Gasteiger partial charge in [0, 0.05) is 18.6 Å². The molecule has 2 rings (SSSR count). The van der Waals surface area contributed by atoms with Gasteiger partial charge in [-0.1, -0.05) is 0 Å². The molecule has 4 nitrogen and oxygen atoms in total. The van der Waals surface area contributed by atoms with Gasteiger partial charge in [-0.25, -0.2) is 9.97 Å². The standard InChI is InChI=1S/C9H6N4/c10-6-8-9(2-1-3-12-8)13-5-4-11-7-13/h1-5,7H. The smallest absolute Gasteiger partial charge is 0.164 e. The molecule has 0 N–H and O–H groups in total. The van der Waals surface area contributed by atoms with Crippen LogP contribution in [0.15, 0.2) is 37.1 Å². The lowest BCUT2D eigenvalue weighted by Crippen LogP contribution is -1.95. The minimum atomic E-state index is 0.403. The molecule has 2 aromatic heterocycles. The Morgan fingerprint density at radius 1 is 1.38 bits per heavy atom. The van der Waals surface area contributed by atoms with Crippen molar-refractivity contribution in [1.29, 1.82) is 5.26 Å². The molecule has 2 heterocycles. The van der Waals surface area contributed by atoms with Crippen LogP contribution in [-0.4, -0.2) is 14.5 Å². The van der Waals surface area contributed by atoms with Gasteiger partial charge in [0.15, 0.2) is 5.69 Å². The molecule has 0 saturated carbocycles. The maximum atomic E-state index is 8.77. The second-order valence-corrected chi connectivity index (χ2v) is 2.45. The first-order valence-corrected chi connectivity index (χ1v) is 3.75. The highest BCUT2D eigenvalue weighted by Gasteiger charge is 2.02. The van der Waals surface area contributed by atoms with Crippen LogP contribution in [-0.2, 0) is 0 Å². The van der Waals surface area contributed by atoms with Crippen molar-refractivity contribution in [3.8, 4) is 11.8 Å². The topological polar surface area (TPSA) is 54.5 Å². The van der Waals surface area contributed by atoms with Crippen molar-refractivity contribution in [2.75, 3.05) is 0 Å². The number of hydrogen-bond donors (Lipinski definition) is 0. The molecule has 0 aromatic carbocycles. The SMILES string of the molecule is N#Cc1ncccc1-n1ccnc1. The van der Waals surface area contributed by atoms with Gasteiger partial charge in [-0.15, -0.1) is 0 Å². The molecule has 0 bridgehead atoms. The molecule has 0 amide bonds. The van der Waals surface area contributed by atoms with Crippen LogP contribution < -0.4 is 0 Å². The lowest BCUT2D eigenvalue weighted by molar-refractivity contribution is 1.03. The van der Waals surface area contributed by atoms with E-state index in [0.29, 0.717) is 5.69 Å². The van der Waals surface area contributed by atoms with Crippen molar-refractivity contribution >= 4 is 0 Å². The van der Waals surface area contributed by atoms with Gasteiger partial charge in [-0.3, -0.25) is 0 Å². The maximum Gasteiger partial charge on any atom is 0.164 e. The van der Waals surface area contributed by atoms with Gasteiger partial charge < -0.3 is 4.57 Å². The Morgan fingerprint density at radius 2 is 2.31 bits per heavy atom. The number of pyridine rings is 1. The number of aromatic nitrogens is 3. The van der Waals surface area contributed by atoms with E-state index < -0.39 is 0 Å². The Morgan fingerprint density at radius 3 is 3.00 bits per heavy atom. The van der Waals surface area contributed by atoms with Crippen LogP contribution in [0.1, 0.15) is 5.69 Å². The Balaban J connectivity index is 2.59. The Kier molecular flexibility index (Phi) is 1.77. The van der Waals surface area contributed by atoms with E-state index in [1.165, 1.54) is 0 Å². The van der Waals surface area contributed by atoms with E-state index in [9.17, 15) is 0 Å². The quantitative estimate of drug-likeness (QED) is 0.644. The van der Waals surface area contributed by atoms with E-state index in [2.05, 4.69) is 9.97 Å². The summed E-state index contributed by atoms with van der Waals surface area (Å²) in [5.41, 5.74) is 1.16. The molecule has 0 saturated heterocycles. The average molecular weight is 170 g/mol. The minimum Gasteiger partial charge on any atom is -0.303 e. The lowest BCUT2D eigenvalue weighted by atomic mass is 10.3. The van der Waals surface area contributed by atoms with Crippen LogP contribution in [0.3, 0.4) is 0 Å². The zero-order valence-corrected chi connectivity index (χ0v) is 6.75. The third-order valence-electron chi connectivity index (χ3n) is 1.67. The molecule has 62 valence electrons. The monoisotopic (exact) mass is 170 g/mol. The second-order valence-electron chi connectivity index (χ2n) is 2.45. The Bertz CT molecular complexity index is 439. The largest absolute Gasteiger partial charge is 0.303 e. The summed E-state index contributed by atoms with van der Waals surface area (Å²) in [4.78, 5) is 7.84. The van der Waals surface area contributed by atoms with E-state index >= 15 is 0 Å². The van der Waals surface area contributed by atoms with Crippen LogP contribution in [0.2, 0.25) is 0 Å². The third kappa shape index (κ3) is 1.27. The second kappa shape index (κ2) is 3.07. The van der Waals surface area contributed by atoms with Gasteiger partial charge in [0.25, 0.3) is 0 Å². The number of imidazole rings is 1. The number of nitriles is 1. The van der Waals surface area contributed by atoms with Crippen LogP contribution in [0, 0.1) is 11.3 Å². The van der Waals surface area contributed by atoms with Crippen molar-refractivity contribution in [3.05, 3.63) is 42.7 Å². The molecule has 0 unspecified atom stereocenters. The molecule has 0 spiro atoms. The zero-order valence-electron chi connectivity index (χ0n) is 6.75. The first-order chi connectivity index (χ1) is 6.42. The Labute approximate surface area is 75.1 Å². The highest BCUT2D eigenvalue weighted by atomic mass is 15.0. The normalized spacial score (nSPS) is 9.46. The molecule has 4 heteroatoms. The van der Waals surface area contributed by atoms with Crippen LogP contribution in [0.5, 0.6) is 0 Å². The van der Waals surface area contributed by atoms with Crippen molar-refractivity contribution in [2.24, 2.45) is 0 Å².